The number of carbonyl (C=O) groups is 1. The summed E-state index contributed by atoms with van der Waals surface area (Å²) in [6, 6.07) is 8.47. The van der Waals surface area contributed by atoms with E-state index in [1.165, 1.54) is 11.1 Å². The summed E-state index contributed by atoms with van der Waals surface area (Å²) in [4.78, 5) is 11.9. The number of carbonyl (C=O) groups excluding carboxylic acids is 1. The maximum Gasteiger partial charge on any atom is 0.134 e. The molecule has 0 aromatic heterocycles. The first kappa shape index (κ1) is 11.4. The highest BCUT2D eigenvalue weighted by Crippen LogP contribution is 2.38. The molecule has 0 heterocycles. The van der Waals surface area contributed by atoms with Crippen molar-refractivity contribution in [3.05, 3.63) is 35.4 Å². The molecular formula is C15H20O. The Morgan fingerprint density at radius 3 is 2.62 bits per heavy atom. The van der Waals surface area contributed by atoms with Gasteiger partial charge in [-0.15, -0.1) is 0 Å². The molecule has 0 aliphatic heterocycles. The molecule has 1 heteroatoms. The van der Waals surface area contributed by atoms with Crippen molar-refractivity contribution in [3.8, 4) is 0 Å². The zero-order valence-corrected chi connectivity index (χ0v) is 10.4. The van der Waals surface area contributed by atoms with E-state index in [1.54, 1.807) is 0 Å². The highest BCUT2D eigenvalue weighted by atomic mass is 16.1. The van der Waals surface area contributed by atoms with Gasteiger partial charge in [-0.05, 0) is 28.9 Å². The second kappa shape index (κ2) is 4.04. The van der Waals surface area contributed by atoms with Gasteiger partial charge < -0.3 is 0 Å². The van der Waals surface area contributed by atoms with Crippen LogP contribution in [0.2, 0.25) is 0 Å². The highest BCUT2D eigenvalue weighted by molar-refractivity contribution is 5.80. The van der Waals surface area contributed by atoms with Gasteiger partial charge in [-0.25, -0.2) is 0 Å². The zero-order chi connectivity index (χ0) is 11.8. The summed E-state index contributed by atoms with van der Waals surface area (Å²) in [7, 11) is 0. The van der Waals surface area contributed by atoms with E-state index in [-0.39, 0.29) is 5.41 Å². The van der Waals surface area contributed by atoms with Gasteiger partial charge in [-0.1, -0.05) is 45.0 Å². The highest BCUT2D eigenvalue weighted by Gasteiger charge is 2.28. The van der Waals surface area contributed by atoms with Crippen molar-refractivity contribution in [1.29, 1.82) is 0 Å². The van der Waals surface area contributed by atoms with E-state index in [9.17, 15) is 4.79 Å². The standard InChI is InChI=1S/C15H20O/c1-15(2,3)10-13(16)9-12-8-11-6-4-5-7-14(11)12/h4-7,12H,8-10H2,1-3H3. The molecule has 1 aliphatic rings. The van der Waals surface area contributed by atoms with Crippen LogP contribution in [0.15, 0.2) is 24.3 Å². The molecule has 1 atom stereocenters. The monoisotopic (exact) mass is 216 g/mol. The van der Waals surface area contributed by atoms with E-state index in [0.29, 0.717) is 18.1 Å². The fraction of sp³-hybridized carbons (Fsp3) is 0.533. The summed E-state index contributed by atoms with van der Waals surface area (Å²) in [5.74, 6) is 0.901. The Balaban J connectivity index is 1.92. The summed E-state index contributed by atoms with van der Waals surface area (Å²) in [5, 5.41) is 0. The van der Waals surface area contributed by atoms with Crippen LogP contribution in [0.3, 0.4) is 0 Å². The molecule has 86 valence electrons. The quantitative estimate of drug-likeness (QED) is 0.752. The van der Waals surface area contributed by atoms with Gasteiger partial charge in [0.05, 0.1) is 0 Å². The Morgan fingerprint density at radius 1 is 1.31 bits per heavy atom. The van der Waals surface area contributed by atoms with Crippen molar-refractivity contribution in [2.24, 2.45) is 5.41 Å². The SMILES string of the molecule is CC(C)(C)CC(=O)CC1Cc2ccccc21. The molecule has 1 aliphatic carbocycles. The van der Waals surface area contributed by atoms with Crippen LogP contribution in [0, 0.1) is 5.41 Å². The maximum absolute atomic E-state index is 11.9. The summed E-state index contributed by atoms with van der Waals surface area (Å²) in [6.07, 6.45) is 2.52. The molecule has 0 saturated carbocycles. The summed E-state index contributed by atoms with van der Waals surface area (Å²) < 4.78 is 0. The van der Waals surface area contributed by atoms with Gasteiger partial charge in [0.25, 0.3) is 0 Å². The molecule has 0 saturated heterocycles. The first-order valence-corrected chi connectivity index (χ1v) is 6.05. The second-order valence-electron chi connectivity index (χ2n) is 6.08. The number of hydrogen-bond donors (Lipinski definition) is 0. The van der Waals surface area contributed by atoms with Crippen molar-refractivity contribution >= 4 is 5.78 Å². The Kier molecular flexibility index (Phi) is 2.88. The van der Waals surface area contributed by atoms with Crippen LogP contribution in [0.25, 0.3) is 0 Å². The van der Waals surface area contributed by atoms with Crippen molar-refractivity contribution < 1.29 is 4.79 Å². The summed E-state index contributed by atoms with van der Waals surface area (Å²) in [6.45, 7) is 6.37. The molecule has 1 nitrogen and oxygen atoms in total. The third-order valence-corrected chi connectivity index (χ3v) is 3.16. The molecule has 1 aromatic carbocycles. The third-order valence-electron chi connectivity index (χ3n) is 3.16. The lowest BCUT2D eigenvalue weighted by atomic mass is 9.74. The Hall–Kier alpha value is -1.11. The molecule has 0 bridgehead atoms. The first-order chi connectivity index (χ1) is 7.46. The molecule has 2 rings (SSSR count). The van der Waals surface area contributed by atoms with E-state index in [0.717, 1.165) is 12.8 Å². The number of fused-ring (bicyclic) bond motifs is 1. The molecule has 0 fully saturated rings. The van der Waals surface area contributed by atoms with E-state index in [2.05, 4.69) is 45.0 Å². The predicted octanol–water partition coefficient (Wildman–Crippen LogP) is 3.72. The van der Waals surface area contributed by atoms with E-state index < -0.39 is 0 Å². The first-order valence-electron chi connectivity index (χ1n) is 6.05. The second-order valence-corrected chi connectivity index (χ2v) is 6.08. The van der Waals surface area contributed by atoms with Gasteiger partial charge in [0.2, 0.25) is 0 Å². The van der Waals surface area contributed by atoms with Gasteiger partial charge in [0, 0.05) is 12.8 Å². The molecule has 16 heavy (non-hydrogen) atoms. The number of rotatable bonds is 3. The smallest absolute Gasteiger partial charge is 0.134 e. The van der Waals surface area contributed by atoms with Crippen molar-refractivity contribution in [2.45, 2.75) is 46.0 Å². The minimum absolute atomic E-state index is 0.125. The average Bonchev–Trinajstić information content (AvgIpc) is 2.11. The number of benzene rings is 1. The fourth-order valence-corrected chi connectivity index (χ4v) is 2.48. The molecular weight excluding hydrogens is 196 g/mol. The van der Waals surface area contributed by atoms with Gasteiger partial charge in [0.15, 0.2) is 0 Å². The maximum atomic E-state index is 11.9. The largest absolute Gasteiger partial charge is 0.300 e. The van der Waals surface area contributed by atoms with Gasteiger partial charge in [-0.3, -0.25) is 4.79 Å². The van der Waals surface area contributed by atoms with Crippen LogP contribution in [0.4, 0.5) is 0 Å². The van der Waals surface area contributed by atoms with Gasteiger partial charge in [-0.2, -0.15) is 0 Å². The lowest BCUT2D eigenvalue weighted by Crippen LogP contribution is -2.22. The van der Waals surface area contributed by atoms with Crippen molar-refractivity contribution in [1.82, 2.24) is 0 Å². The van der Waals surface area contributed by atoms with Crippen molar-refractivity contribution in [3.63, 3.8) is 0 Å². The molecule has 0 radical (unpaired) electrons. The molecule has 0 amide bonds. The predicted molar refractivity (Wildman–Crippen MR) is 66.6 cm³/mol. The van der Waals surface area contributed by atoms with Crippen LogP contribution >= 0.6 is 0 Å². The Labute approximate surface area is 97.9 Å². The lowest BCUT2D eigenvalue weighted by Gasteiger charge is -2.30. The normalized spacial score (nSPS) is 18.8. The van der Waals surface area contributed by atoms with Crippen LogP contribution in [0.5, 0.6) is 0 Å². The number of Topliss-reactive ketones (excluding diaryl/α,β-unsaturated/α-hetero) is 1. The zero-order valence-electron chi connectivity index (χ0n) is 10.4. The Bertz CT molecular complexity index is 398. The van der Waals surface area contributed by atoms with Crippen LogP contribution < -0.4 is 0 Å². The molecule has 0 N–H and O–H groups in total. The molecule has 1 aromatic rings. The van der Waals surface area contributed by atoms with E-state index >= 15 is 0 Å². The van der Waals surface area contributed by atoms with Crippen LogP contribution in [-0.2, 0) is 11.2 Å². The third kappa shape index (κ3) is 2.52. The topological polar surface area (TPSA) is 17.1 Å². The minimum Gasteiger partial charge on any atom is -0.300 e. The van der Waals surface area contributed by atoms with E-state index in [4.69, 9.17) is 0 Å². The summed E-state index contributed by atoms with van der Waals surface area (Å²) >= 11 is 0. The van der Waals surface area contributed by atoms with Gasteiger partial charge in [0.1, 0.15) is 5.78 Å². The van der Waals surface area contributed by atoms with Crippen molar-refractivity contribution in [2.75, 3.05) is 0 Å². The fourth-order valence-electron chi connectivity index (χ4n) is 2.48. The van der Waals surface area contributed by atoms with Crippen LogP contribution in [-0.4, -0.2) is 5.78 Å². The average molecular weight is 216 g/mol. The van der Waals surface area contributed by atoms with Gasteiger partial charge >= 0.3 is 0 Å². The minimum atomic E-state index is 0.125. The van der Waals surface area contributed by atoms with Crippen LogP contribution in [0.1, 0.15) is 50.7 Å². The summed E-state index contributed by atoms with van der Waals surface area (Å²) in [5.41, 5.74) is 2.95. The number of ketones is 1. The number of hydrogen-bond acceptors (Lipinski definition) is 1. The molecule has 0 spiro atoms. The Morgan fingerprint density at radius 2 is 2.00 bits per heavy atom. The van der Waals surface area contributed by atoms with E-state index in [1.807, 2.05) is 0 Å². The molecule has 1 unspecified atom stereocenters. The lowest BCUT2D eigenvalue weighted by molar-refractivity contribution is -0.121.